The lowest BCUT2D eigenvalue weighted by molar-refractivity contribution is 0.0701. The summed E-state index contributed by atoms with van der Waals surface area (Å²) >= 11 is 0.762. The number of rotatable bonds is 2. The fourth-order valence-electron chi connectivity index (χ4n) is 4.14. The molecule has 4 heterocycles. The molecular formula is C23H17F4N3O4S. The topological polar surface area (TPSA) is 75.0 Å². The normalized spacial score (nSPS) is 18.5. The molecule has 1 atom stereocenters. The SMILES string of the molecule is O=C1c2c(O)c(=O)ccn2N2CN1C/C=C\COc1c(ccc(F)c1F)[C@@H]2c1ccc(C(F)F)s1. The summed E-state index contributed by atoms with van der Waals surface area (Å²) in [4.78, 5) is 26.7. The molecule has 12 heteroatoms. The summed E-state index contributed by atoms with van der Waals surface area (Å²) < 4.78 is 62.8. The van der Waals surface area contributed by atoms with Crippen LogP contribution in [-0.4, -0.2) is 40.4 Å². The van der Waals surface area contributed by atoms with Crippen molar-refractivity contribution in [3.8, 4) is 11.5 Å². The lowest BCUT2D eigenvalue weighted by Crippen LogP contribution is -2.55. The van der Waals surface area contributed by atoms with E-state index >= 15 is 0 Å². The van der Waals surface area contributed by atoms with Crippen molar-refractivity contribution in [2.45, 2.75) is 12.5 Å². The van der Waals surface area contributed by atoms with E-state index in [1.807, 2.05) is 0 Å². The van der Waals surface area contributed by atoms with Gasteiger partial charge in [0, 0.05) is 29.2 Å². The fourth-order valence-corrected chi connectivity index (χ4v) is 5.13. The third-order valence-corrected chi connectivity index (χ3v) is 6.90. The van der Waals surface area contributed by atoms with Crippen LogP contribution < -0.4 is 15.2 Å². The first-order valence-corrected chi connectivity index (χ1v) is 11.2. The number of amides is 1. The van der Waals surface area contributed by atoms with Crippen molar-refractivity contribution in [2.75, 3.05) is 24.8 Å². The van der Waals surface area contributed by atoms with Crippen LogP contribution in [0, 0.1) is 11.6 Å². The van der Waals surface area contributed by atoms with E-state index in [0.717, 1.165) is 23.5 Å². The van der Waals surface area contributed by atoms with Gasteiger partial charge in [0.15, 0.2) is 23.0 Å². The second-order valence-corrected chi connectivity index (χ2v) is 8.98. The number of pyridine rings is 1. The van der Waals surface area contributed by atoms with Crippen LogP contribution in [0.3, 0.4) is 0 Å². The summed E-state index contributed by atoms with van der Waals surface area (Å²) in [6.07, 6.45) is 1.59. The van der Waals surface area contributed by atoms with Gasteiger partial charge in [0.2, 0.25) is 11.2 Å². The molecule has 5 rings (SSSR count). The van der Waals surface area contributed by atoms with Crippen LogP contribution in [0.25, 0.3) is 0 Å². The first-order chi connectivity index (χ1) is 16.8. The largest absolute Gasteiger partial charge is 0.502 e. The smallest absolute Gasteiger partial charge is 0.278 e. The highest BCUT2D eigenvalue weighted by Gasteiger charge is 2.38. The molecule has 0 unspecified atom stereocenters. The molecule has 182 valence electrons. The molecule has 2 aliphatic rings. The maximum Gasteiger partial charge on any atom is 0.278 e. The number of thiophene rings is 1. The van der Waals surface area contributed by atoms with Gasteiger partial charge < -0.3 is 14.7 Å². The van der Waals surface area contributed by atoms with Crippen LogP contribution >= 0.6 is 11.3 Å². The summed E-state index contributed by atoms with van der Waals surface area (Å²) in [7, 11) is 0. The van der Waals surface area contributed by atoms with Crippen molar-refractivity contribution < 1.29 is 32.2 Å². The van der Waals surface area contributed by atoms with E-state index in [1.165, 1.54) is 45.1 Å². The average Bonchev–Trinajstić information content (AvgIpc) is 3.30. The quantitative estimate of drug-likeness (QED) is 0.421. The minimum atomic E-state index is -2.76. The number of benzene rings is 1. The Kier molecular flexibility index (Phi) is 5.75. The standard InChI is InChI=1S/C23H17F4N3O4S/c24-13-4-3-12-18(15-5-6-16(35-15)22(26)27)30-11-28(8-1-2-10-34-21(12)17(13)25)23(33)19-20(32)14(31)7-9-29(19)30/h1-7,9,18,22,32H,8,10-11H2/b2-1-/t18-/m1/s1. The minimum Gasteiger partial charge on any atom is -0.502 e. The van der Waals surface area contributed by atoms with E-state index in [9.17, 15) is 32.3 Å². The van der Waals surface area contributed by atoms with Gasteiger partial charge in [0.1, 0.15) is 19.3 Å². The number of halogens is 4. The molecule has 35 heavy (non-hydrogen) atoms. The average molecular weight is 507 g/mol. The van der Waals surface area contributed by atoms with Crippen LogP contribution in [0.4, 0.5) is 17.6 Å². The predicted octanol–water partition coefficient (Wildman–Crippen LogP) is 3.92. The lowest BCUT2D eigenvalue weighted by atomic mass is 10.0. The molecule has 0 aliphatic carbocycles. The summed E-state index contributed by atoms with van der Waals surface area (Å²) in [5.41, 5.74) is -1.01. The Labute approximate surface area is 199 Å². The van der Waals surface area contributed by atoms with Crippen LogP contribution in [0.15, 0.2) is 53.5 Å². The van der Waals surface area contributed by atoms with Crippen LogP contribution in [0.5, 0.6) is 11.5 Å². The first kappa shape index (κ1) is 23.0. The van der Waals surface area contributed by atoms with E-state index in [4.69, 9.17) is 4.74 Å². The zero-order valence-corrected chi connectivity index (χ0v) is 18.6. The number of aromatic hydroxyl groups is 1. The molecule has 1 N–H and O–H groups in total. The number of fused-ring (bicyclic) bond motifs is 5. The third kappa shape index (κ3) is 3.83. The molecule has 0 saturated carbocycles. The van der Waals surface area contributed by atoms with E-state index < -0.39 is 46.9 Å². The second-order valence-electron chi connectivity index (χ2n) is 7.84. The zero-order valence-electron chi connectivity index (χ0n) is 17.8. The van der Waals surface area contributed by atoms with Crippen molar-refractivity contribution in [1.82, 2.24) is 9.58 Å². The van der Waals surface area contributed by atoms with Gasteiger partial charge >= 0.3 is 0 Å². The number of hydrogen-bond donors (Lipinski definition) is 1. The number of aromatic nitrogens is 1. The molecule has 7 nitrogen and oxygen atoms in total. The number of hydrogen-bond acceptors (Lipinski definition) is 6. The molecule has 3 aromatic rings. The highest BCUT2D eigenvalue weighted by Crippen LogP contribution is 2.42. The number of carbonyl (C=O) groups is 1. The monoisotopic (exact) mass is 507 g/mol. The maximum absolute atomic E-state index is 14.9. The van der Waals surface area contributed by atoms with E-state index in [0.29, 0.717) is 4.88 Å². The van der Waals surface area contributed by atoms with Gasteiger partial charge in [-0.15, -0.1) is 11.3 Å². The zero-order chi connectivity index (χ0) is 24.9. The van der Waals surface area contributed by atoms with E-state index in [1.54, 1.807) is 6.08 Å². The Morgan fingerprint density at radius 1 is 1.09 bits per heavy atom. The predicted molar refractivity (Wildman–Crippen MR) is 119 cm³/mol. The van der Waals surface area contributed by atoms with Gasteiger partial charge in [-0.3, -0.25) is 19.3 Å². The van der Waals surface area contributed by atoms with E-state index in [-0.39, 0.29) is 36.0 Å². The van der Waals surface area contributed by atoms with Crippen molar-refractivity contribution in [2.24, 2.45) is 0 Å². The van der Waals surface area contributed by atoms with Gasteiger partial charge in [-0.2, -0.15) is 4.39 Å². The summed E-state index contributed by atoms with van der Waals surface area (Å²) in [5.74, 6) is -4.24. The van der Waals surface area contributed by atoms with Gasteiger partial charge in [-0.1, -0.05) is 6.08 Å². The number of nitrogens with zero attached hydrogens (tertiary/aromatic N) is 3. The number of carbonyl (C=O) groups excluding carboxylic acids is 1. The van der Waals surface area contributed by atoms with Crippen LogP contribution in [-0.2, 0) is 0 Å². The fraction of sp³-hybridized carbons (Fsp3) is 0.217. The Balaban J connectivity index is 1.81. The highest BCUT2D eigenvalue weighted by molar-refractivity contribution is 7.12. The molecule has 2 bridgehead atoms. The number of ether oxygens (including phenoxy) is 1. The molecule has 0 fully saturated rings. The molecular weight excluding hydrogens is 490 g/mol. The minimum absolute atomic E-state index is 0.0495. The van der Waals surface area contributed by atoms with Gasteiger partial charge in [-0.25, -0.2) is 13.2 Å². The number of alkyl halides is 2. The lowest BCUT2D eigenvalue weighted by Gasteiger charge is -2.43. The van der Waals surface area contributed by atoms with Gasteiger partial charge in [0.05, 0.1) is 4.88 Å². The molecule has 0 spiro atoms. The third-order valence-electron chi connectivity index (χ3n) is 5.76. The van der Waals surface area contributed by atoms with Crippen molar-refractivity contribution in [3.63, 3.8) is 0 Å². The maximum atomic E-state index is 14.9. The first-order valence-electron chi connectivity index (χ1n) is 10.4. The molecule has 2 aromatic heterocycles. The van der Waals surface area contributed by atoms with Crippen LogP contribution in [0.2, 0.25) is 0 Å². The van der Waals surface area contributed by atoms with Crippen molar-refractivity contribution >= 4 is 17.2 Å². The Hall–Kier alpha value is -3.80. The second kappa shape index (κ2) is 8.77. The Bertz CT molecular complexity index is 1400. The summed E-state index contributed by atoms with van der Waals surface area (Å²) in [6, 6.07) is 4.85. The summed E-state index contributed by atoms with van der Waals surface area (Å²) in [6.45, 7) is -0.220. The van der Waals surface area contributed by atoms with Crippen molar-refractivity contribution in [3.05, 3.63) is 91.6 Å². The Morgan fingerprint density at radius 2 is 1.89 bits per heavy atom. The molecule has 2 aliphatic heterocycles. The highest BCUT2D eigenvalue weighted by atomic mass is 32.1. The molecule has 0 radical (unpaired) electrons. The Morgan fingerprint density at radius 3 is 2.63 bits per heavy atom. The van der Waals surface area contributed by atoms with Gasteiger partial charge in [-0.05, 0) is 30.3 Å². The van der Waals surface area contributed by atoms with Crippen LogP contribution in [0.1, 0.15) is 38.3 Å². The molecule has 1 aromatic carbocycles. The van der Waals surface area contributed by atoms with Gasteiger partial charge in [0.25, 0.3) is 12.3 Å². The molecule has 1 amide bonds. The molecule has 0 saturated heterocycles. The van der Waals surface area contributed by atoms with Crippen molar-refractivity contribution in [1.29, 1.82) is 0 Å². The van der Waals surface area contributed by atoms with E-state index in [2.05, 4.69) is 0 Å². The summed E-state index contributed by atoms with van der Waals surface area (Å²) in [5, 5.41) is 12.0.